The Morgan fingerprint density at radius 1 is 1.39 bits per heavy atom. The van der Waals surface area contributed by atoms with Crippen LogP contribution in [0, 0.1) is 0 Å². The fourth-order valence-electron chi connectivity index (χ4n) is 1.57. The number of hydrogen-bond donors (Lipinski definition) is 2. The molecule has 1 heterocycles. The summed E-state index contributed by atoms with van der Waals surface area (Å²) in [6.45, 7) is 1.85. The first kappa shape index (κ1) is 12.4. The van der Waals surface area contributed by atoms with Gasteiger partial charge in [-0.15, -0.1) is 0 Å². The van der Waals surface area contributed by atoms with Crippen molar-refractivity contribution in [1.82, 2.24) is 5.43 Å². The highest BCUT2D eigenvalue weighted by molar-refractivity contribution is 6.10. The normalized spacial score (nSPS) is 19.1. The maximum atomic E-state index is 11.3. The standard InChI is InChI=1S/C12H14N4O2/c1-8-11(12(18)16-13-8)15-14-10-4-2-9(3-5-10)6-7-17/h2-5,11,17H,6-7H2,1H3,(H,16,18). The Kier molecular flexibility index (Phi) is 3.78. The molecule has 2 rings (SSSR count). The molecular formula is C12H14N4O2. The molecule has 6 heteroatoms. The summed E-state index contributed by atoms with van der Waals surface area (Å²) in [6, 6.07) is 6.73. The SMILES string of the molecule is CC1=NNC(=O)C1N=Nc1ccc(CCO)cc1. The van der Waals surface area contributed by atoms with Gasteiger partial charge < -0.3 is 5.11 Å². The first-order valence-corrected chi connectivity index (χ1v) is 5.65. The van der Waals surface area contributed by atoms with Crippen LogP contribution in [0.5, 0.6) is 0 Å². The van der Waals surface area contributed by atoms with Crippen molar-refractivity contribution in [2.24, 2.45) is 15.3 Å². The Bertz CT molecular complexity index is 493. The molecule has 0 saturated heterocycles. The van der Waals surface area contributed by atoms with Crippen LogP contribution in [0.25, 0.3) is 0 Å². The molecule has 0 radical (unpaired) electrons. The quantitative estimate of drug-likeness (QED) is 0.781. The van der Waals surface area contributed by atoms with Gasteiger partial charge in [-0.1, -0.05) is 12.1 Å². The van der Waals surface area contributed by atoms with Gasteiger partial charge in [0, 0.05) is 6.61 Å². The van der Waals surface area contributed by atoms with Gasteiger partial charge in [0.1, 0.15) is 0 Å². The van der Waals surface area contributed by atoms with E-state index in [1.807, 2.05) is 12.1 Å². The van der Waals surface area contributed by atoms with Gasteiger partial charge in [-0.2, -0.15) is 15.3 Å². The monoisotopic (exact) mass is 246 g/mol. The summed E-state index contributed by atoms with van der Waals surface area (Å²) in [6.07, 6.45) is 0.619. The number of rotatable bonds is 4. The molecule has 2 N–H and O–H groups in total. The van der Waals surface area contributed by atoms with Crippen molar-refractivity contribution < 1.29 is 9.90 Å². The zero-order chi connectivity index (χ0) is 13.0. The number of aliphatic hydroxyl groups excluding tert-OH is 1. The Morgan fingerprint density at radius 2 is 2.11 bits per heavy atom. The first-order valence-electron chi connectivity index (χ1n) is 5.65. The Morgan fingerprint density at radius 3 is 2.67 bits per heavy atom. The summed E-state index contributed by atoms with van der Waals surface area (Å²) in [5.74, 6) is -0.256. The van der Waals surface area contributed by atoms with Gasteiger partial charge in [0.25, 0.3) is 5.91 Å². The maximum absolute atomic E-state index is 11.3. The fraction of sp³-hybridized carbons (Fsp3) is 0.333. The van der Waals surface area contributed by atoms with Gasteiger partial charge in [0.05, 0.1) is 11.4 Å². The van der Waals surface area contributed by atoms with Gasteiger partial charge in [-0.25, -0.2) is 5.43 Å². The molecule has 0 bridgehead atoms. The third-order valence-electron chi connectivity index (χ3n) is 2.61. The molecule has 0 aromatic heterocycles. The fourth-order valence-corrected chi connectivity index (χ4v) is 1.57. The van der Waals surface area contributed by atoms with E-state index < -0.39 is 6.04 Å². The van der Waals surface area contributed by atoms with Crippen molar-refractivity contribution in [2.45, 2.75) is 19.4 Å². The summed E-state index contributed by atoms with van der Waals surface area (Å²) >= 11 is 0. The molecule has 0 fully saturated rings. The van der Waals surface area contributed by atoms with E-state index in [9.17, 15) is 4.79 Å². The number of nitrogens with zero attached hydrogens (tertiary/aromatic N) is 3. The minimum absolute atomic E-state index is 0.124. The van der Waals surface area contributed by atoms with Crippen LogP contribution >= 0.6 is 0 Å². The molecule has 0 saturated carbocycles. The topological polar surface area (TPSA) is 86.4 Å². The number of amides is 1. The molecular weight excluding hydrogens is 232 g/mol. The second kappa shape index (κ2) is 5.50. The minimum atomic E-state index is -0.623. The molecule has 0 aliphatic carbocycles. The molecule has 6 nitrogen and oxygen atoms in total. The van der Waals surface area contributed by atoms with E-state index >= 15 is 0 Å². The molecule has 1 aromatic carbocycles. The average Bonchev–Trinajstić information content (AvgIpc) is 2.69. The van der Waals surface area contributed by atoms with Crippen molar-refractivity contribution >= 4 is 17.3 Å². The lowest BCUT2D eigenvalue weighted by molar-refractivity contribution is -0.120. The molecule has 1 unspecified atom stereocenters. The smallest absolute Gasteiger partial charge is 0.272 e. The molecule has 94 valence electrons. The summed E-state index contributed by atoms with van der Waals surface area (Å²) in [7, 11) is 0. The molecule has 0 spiro atoms. The van der Waals surface area contributed by atoms with Crippen molar-refractivity contribution in [3.8, 4) is 0 Å². The van der Waals surface area contributed by atoms with Crippen molar-refractivity contribution in [2.75, 3.05) is 6.61 Å². The molecule has 1 aliphatic rings. The average molecular weight is 246 g/mol. The number of azo groups is 1. The Balaban J connectivity index is 2.05. The highest BCUT2D eigenvalue weighted by Gasteiger charge is 2.26. The van der Waals surface area contributed by atoms with Crippen molar-refractivity contribution in [1.29, 1.82) is 0 Å². The highest BCUT2D eigenvalue weighted by Crippen LogP contribution is 2.15. The number of hydrogen-bond acceptors (Lipinski definition) is 5. The minimum Gasteiger partial charge on any atom is -0.396 e. The van der Waals surface area contributed by atoms with E-state index in [0.29, 0.717) is 17.8 Å². The Hall–Kier alpha value is -2.08. The van der Waals surface area contributed by atoms with E-state index in [4.69, 9.17) is 5.11 Å². The van der Waals surface area contributed by atoms with Crippen LogP contribution in [-0.2, 0) is 11.2 Å². The lowest BCUT2D eigenvalue weighted by atomic mass is 10.1. The molecule has 1 amide bonds. The largest absolute Gasteiger partial charge is 0.396 e. The van der Waals surface area contributed by atoms with Crippen molar-refractivity contribution in [3.05, 3.63) is 29.8 Å². The van der Waals surface area contributed by atoms with Crippen LogP contribution in [-0.4, -0.2) is 29.4 Å². The van der Waals surface area contributed by atoms with Crippen LogP contribution in [0.15, 0.2) is 39.6 Å². The van der Waals surface area contributed by atoms with E-state index in [0.717, 1.165) is 5.56 Å². The lowest BCUT2D eigenvalue weighted by Gasteiger charge is -2.00. The zero-order valence-corrected chi connectivity index (χ0v) is 10.00. The summed E-state index contributed by atoms with van der Waals surface area (Å²) in [5, 5.41) is 20.6. The van der Waals surface area contributed by atoms with E-state index in [-0.39, 0.29) is 12.5 Å². The van der Waals surface area contributed by atoms with Gasteiger partial charge in [0.15, 0.2) is 6.04 Å². The number of carbonyl (C=O) groups is 1. The van der Waals surface area contributed by atoms with Crippen LogP contribution in [0.1, 0.15) is 12.5 Å². The van der Waals surface area contributed by atoms with Crippen molar-refractivity contribution in [3.63, 3.8) is 0 Å². The highest BCUT2D eigenvalue weighted by atomic mass is 16.3. The molecule has 1 atom stereocenters. The number of aliphatic hydroxyl groups is 1. The van der Waals surface area contributed by atoms with Gasteiger partial charge in [-0.05, 0) is 31.0 Å². The van der Waals surface area contributed by atoms with Gasteiger partial charge >= 0.3 is 0 Å². The zero-order valence-electron chi connectivity index (χ0n) is 10.00. The predicted octanol–water partition coefficient (Wildman–Crippen LogP) is 1.18. The van der Waals surface area contributed by atoms with Crippen LogP contribution in [0.3, 0.4) is 0 Å². The number of benzene rings is 1. The molecule has 18 heavy (non-hydrogen) atoms. The second-order valence-electron chi connectivity index (χ2n) is 3.99. The van der Waals surface area contributed by atoms with Crippen LogP contribution in [0.2, 0.25) is 0 Å². The second-order valence-corrected chi connectivity index (χ2v) is 3.99. The third kappa shape index (κ3) is 2.78. The summed E-state index contributed by atoms with van der Waals surface area (Å²) < 4.78 is 0. The van der Waals surface area contributed by atoms with E-state index in [1.54, 1.807) is 19.1 Å². The van der Waals surface area contributed by atoms with Crippen LogP contribution in [0.4, 0.5) is 5.69 Å². The van der Waals surface area contributed by atoms with E-state index in [2.05, 4.69) is 20.8 Å². The van der Waals surface area contributed by atoms with Gasteiger partial charge in [-0.3, -0.25) is 4.79 Å². The van der Waals surface area contributed by atoms with E-state index in [1.165, 1.54) is 0 Å². The number of carbonyl (C=O) groups excluding carboxylic acids is 1. The predicted molar refractivity (Wildman–Crippen MR) is 66.8 cm³/mol. The number of nitrogens with one attached hydrogen (secondary N) is 1. The maximum Gasteiger partial charge on any atom is 0.272 e. The van der Waals surface area contributed by atoms with Crippen LogP contribution < -0.4 is 5.43 Å². The number of hydrazone groups is 1. The third-order valence-corrected chi connectivity index (χ3v) is 2.61. The summed E-state index contributed by atoms with van der Waals surface area (Å²) in [4.78, 5) is 11.3. The Labute approximate surface area is 104 Å². The molecule has 1 aromatic rings. The summed E-state index contributed by atoms with van der Waals surface area (Å²) in [5.41, 5.74) is 4.67. The molecule has 1 aliphatic heterocycles. The first-order chi connectivity index (χ1) is 8.70. The lowest BCUT2D eigenvalue weighted by Crippen LogP contribution is -2.25. The van der Waals surface area contributed by atoms with Gasteiger partial charge in [0.2, 0.25) is 0 Å².